The number of hydrogen-bond acceptors (Lipinski definition) is 5. The molecule has 0 spiro atoms. The zero-order valence-electron chi connectivity index (χ0n) is 21.1. The van der Waals surface area contributed by atoms with Crippen molar-refractivity contribution in [1.82, 2.24) is 4.90 Å². The van der Waals surface area contributed by atoms with Gasteiger partial charge in [-0.05, 0) is 104 Å². The van der Waals surface area contributed by atoms with Gasteiger partial charge in [0.05, 0.1) is 7.11 Å². The van der Waals surface area contributed by atoms with Crippen LogP contribution in [0.4, 0.5) is 5.69 Å². The summed E-state index contributed by atoms with van der Waals surface area (Å²) in [5.41, 5.74) is 3.19. The smallest absolute Gasteiger partial charge is 0.119 e. The van der Waals surface area contributed by atoms with Crippen molar-refractivity contribution in [3.8, 4) is 11.5 Å². The summed E-state index contributed by atoms with van der Waals surface area (Å²) in [6, 6.07) is 17.2. The van der Waals surface area contributed by atoms with Crippen LogP contribution >= 0.6 is 0 Å². The Hall–Kier alpha value is -2.24. The fourth-order valence-corrected chi connectivity index (χ4v) is 7.89. The van der Waals surface area contributed by atoms with E-state index in [1.54, 1.807) is 7.11 Å². The average molecular weight is 477 g/mol. The summed E-state index contributed by atoms with van der Waals surface area (Å²) in [7, 11) is 1.70. The Balaban J connectivity index is 0.964. The van der Waals surface area contributed by atoms with Gasteiger partial charge in [0.25, 0.3) is 0 Å². The first-order valence-corrected chi connectivity index (χ1v) is 13.6. The monoisotopic (exact) mass is 476 g/mol. The third-order valence-electron chi connectivity index (χ3n) is 9.23. The molecule has 0 amide bonds. The maximum Gasteiger partial charge on any atom is 0.119 e. The van der Waals surface area contributed by atoms with Crippen LogP contribution in [-0.4, -0.2) is 62.6 Å². The lowest BCUT2D eigenvalue weighted by atomic mass is 9.48. The topological polar surface area (TPSA) is 45.2 Å². The molecule has 5 aliphatic rings. The maximum atomic E-state index is 10.6. The number of anilines is 1. The highest BCUT2D eigenvalue weighted by atomic mass is 16.5. The number of methoxy groups -OCH3 is 1. The molecule has 5 fully saturated rings. The minimum Gasteiger partial charge on any atom is -0.497 e. The fraction of sp³-hybridized carbons (Fsp3) is 0.600. The standard InChI is InChI=1S/C30H40N2O3/c1-34-28-8-4-26(5-9-28)32-12-10-31(11-13-32)20-27(33)21-35-29-6-2-25(3-7-29)30-17-22-14-23(18-30)16-24(15-22)19-30/h2-9,22-24,27,33H,10-21H2,1H3. The zero-order chi connectivity index (χ0) is 23.8. The summed E-state index contributed by atoms with van der Waals surface area (Å²) in [4.78, 5) is 4.73. The van der Waals surface area contributed by atoms with E-state index >= 15 is 0 Å². The molecule has 1 saturated heterocycles. The molecule has 1 unspecified atom stereocenters. The van der Waals surface area contributed by atoms with Gasteiger partial charge in [-0.1, -0.05) is 12.1 Å². The maximum absolute atomic E-state index is 10.6. The van der Waals surface area contributed by atoms with Gasteiger partial charge in [-0.2, -0.15) is 0 Å². The predicted octanol–water partition coefficient (Wildman–Crippen LogP) is 4.72. The molecule has 5 heteroatoms. The number of piperazine rings is 1. The molecule has 2 aromatic carbocycles. The summed E-state index contributed by atoms with van der Waals surface area (Å²) in [6.07, 6.45) is 8.14. The molecule has 4 aliphatic carbocycles. The van der Waals surface area contributed by atoms with Gasteiger partial charge in [-0.3, -0.25) is 4.90 Å². The summed E-state index contributed by atoms with van der Waals surface area (Å²) in [5, 5.41) is 10.6. The Morgan fingerprint density at radius 2 is 1.40 bits per heavy atom. The lowest BCUT2D eigenvalue weighted by molar-refractivity contribution is -0.00522. The second kappa shape index (κ2) is 9.67. The van der Waals surface area contributed by atoms with Crippen LogP contribution in [0.1, 0.15) is 44.1 Å². The molecule has 2 aromatic rings. The molecular formula is C30H40N2O3. The third kappa shape index (κ3) is 4.90. The quantitative estimate of drug-likeness (QED) is 0.597. The van der Waals surface area contributed by atoms with Crippen LogP contribution < -0.4 is 14.4 Å². The van der Waals surface area contributed by atoms with Crippen molar-refractivity contribution in [1.29, 1.82) is 0 Å². The van der Waals surface area contributed by atoms with Crippen LogP contribution in [-0.2, 0) is 5.41 Å². The van der Waals surface area contributed by atoms with E-state index < -0.39 is 6.10 Å². The number of β-amino-alcohol motifs (C(OH)–C–C–N with tert-alkyl or cyclic N) is 1. The highest BCUT2D eigenvalue weighted by Gasteiger charge is 2.51. The van der Waals surface area contributed by atoms with E-state index in [4.69, 9.17) is 9.47 Å². The van der Waals surface area contributed by atoms with Gasteiger partial charge in [-0.15, -0.1) is 0 Å². The number of aliphatic hydroxyl groups is 1. The number of hydrogen-bond donors (Lipinski definition) is 1. The molecule has 5 nitrogen and oxygen atoms in total. The Kier molecular flexibility index (Phi) is 6.40. The van der Waals surface area contributed by atoms with Gasteiger partial charge in [0, 0.05) is 38.4 Å². The van der Waals surface area contributed by atoms with Crippen LogP contribution in [0.2, 0.25) is 0 Å². The van der Waals surface area contributed by atoms with Crippen LogP contribution in [0, 0.1) is 17.8 Å². The molecule has 1 atom stereocenters. The first-order valence-electron chi connectivity index (χ1n) is 13.6. The number of nitrogens with zero attached hydrogens (tertiary/aromatic N) is 2. The molecule has 7 rings (SSSR count). The molecule has 35 heavy (non-hydrogen) atoms. The van der Waals surface area contributed by atoms with Crippen LogP contribution in [0.15, 0.2) is 48.5 Å². The summed E-state index contributed by atoms with van der Waals surface area (Å²) >= 11 is 0. The van der Waals surface area contributed by atoms with Crippen molar-refractivity contribution >= 4 is 5.69 Å². The second-order valence-corrected chi connectivity index (χ2v) is 11.7. The third-order valence-corrected chi connectivity index (χ3v) is 9.23. The van der Waals surface area contributed by atoms with Crippen molar-refractivity contribution in [3.05, 3.63) is 54.1 Å². The normalized spacial score (nSPS) is 30.9. The van der Waals surface area contributed by atoms with E-state index in [-0.39, 0.29) is 0 Å². The molecule has 0 radical (unpaired) electrons. The van der Waals surface area contributed by atoms with Gasteiger partial charge in [0.2, 0.25) is 0 Å². The Morgan fingerprint density at radius 1 is 0.829 bits per heavy atom. The molecule has 4 saturated carbocycles. The lowest BCUT2D eigenvalue weighted by Gasteiger charge is -2.57. The molecule has 1 N–H and O–H groups in total. The van der Waals surface area contributed by atoms with Gasteiger partial charge in [0.1, 0.15) is 24.2 Å². The molecule has 1 aliphatic heterocycles. The van der Waals surface area contributed by atoms with E-state index in [9.17, 15) is 5.11 Å². The van der Waals surface area contributed by atoms with Crippen molar-refractivity contribution < 1.29 is 14.6 Å². The Bertz CT molecular complexity index is 946. The van der Waals surface area contributed by atoms with Crippen molar-refractivity contribution in [2.24, 2.45) is 17.8 Å². The van der Waals surface area contributed by atoms with Crippen molar-refractivity contribution in [3.63, 3.8) is 0 Å². The number of rotatable bonds is 8. The van der Waals surface area contributed by atoms with E-state index in [1.165, 1.54) is 49.8 Å². The van der Waals surface area contributed by atoms with E-state index in [0.717, 1.165) is 55.4 Å². The van der Waals surface area contributed by atoms with Crippen LogP contribution in [0.25, 0.3) is 0 Å². The molecule has 188 valence electrons. The summed E-state index contributed by atoms with van der Waals surface area (Å²) in [5.74, 6) is 4.65. The Labute approximate surface area is 210 Å². The van der Waals surface area contributed by atoms with Gasteiger partial charge in [-0.25, -0.2) is 0 Å². The first-order chi connectivity index (χ1) is 17.1. The lowest BCUT2D eigenvalue weighted by Crippen LogP contribution is -2.49. The highest BCUT2D eigenvalue weighted by molar-refractivity contribution is 5.49. The number of ether oxygens (including phenoxy) is 2. The van der Waals surface area contributed by atoms with Gasteiger partial charge >= 0.3 is 0 Å². The molecule has 1 heterocycles. The van der Waals surface area contributed by atoms with Gasteiger partial charge in [0.15, 0.2) is 0 Å². The zero-order valence-corrected chi connectivity index (χ0v) is 21.1. The van der Waals surface area contributed by atoms with Crippen LogP contribution in [0.5, 0.6) is 11.5 Å². The largest absolute Gasteiger partial charge is 0.497 e. The second-order valence-electron chi connectivity index (χ2n) is 11.7. The minimum absolute atomic E-state index is 0.343. The van der Waals surface area contributed by atoms with E-state index in [2.05, 4.69) is 46.2 Å². The Morgan fingerprint density at radius 3 is 1.97 bits per heavy atom. The van der Waals surface area contributed by atoms with E-state index in [0.29, 0.717) is 18.6 Å². The molecule has 0 aromatic heterocycles. The predicted molar refractivity (Wildman–Crippen MR) is 139 cm³/mol. The SMILES string of the molecule is COc1ccc(N2CCN(CC(O)COc3ccc(C45CC6CC(CC(C6)C4)C5)cc3)CC2)cc1. The van der Waals surface area contributed by atoms with Crippen LogP contribution in [0.3, 0.4) is 0 Å². The summed E-state index contributed by atoms with van der Waals surface area (Å²) < 4.78 is 11.3. The van der Waals surface area contributed by atoms with Crippen molar-refractivity contribution in [2.45, 2.75) is 50.0 Å². The summed E-state index contributed by atoms with van der Waals surface area (Å²) in [6.45, 7) is 4.82. The highest BCUT2D eigenvalue weighted by Crippen LogP contribution is 2.60. The number of benzene rings is 2. The van der Waals surface area contributed by atoms with Gasteiger partial charge < -0.3 is 19.5 Å². The fourth-order valence-electron chi connectivity index (χ4n) is 7.89. The van der Waals surface area contributed by atoms with Crippen molar-refractivity contribution in [2.75, 3.05) is 51.3 Å². The molecular weight excluding hydrogens is 436 g/mol. The average Bonchev–Trinajstić information content (AvgIpc) is 2.87. The minimum atomic E-state index is -0.481. The first kappa shape index (κ1) is 23.2. The molecule has 4 bridgehead atoms. The number of aliphatic hydroxyl groups excluding tert-OH is 1. The van der Waals surface area contributed by atoms with E-state index in [1.807, 2.05) is 12.1 Å².